The first-order chi connectivity index (χ1) is 13.5. The molecule has 0 bridgehead atoms. The SMILES string of the molecule is COc1ccc(C2CCN(C(=O)/C(=N/O)C(N)=O)CC2)cc1OC1CCCC1. The van der Waals surface area contributed by atoms with E-state index in [-0.39, 0.29) is 12.0 Å². The molecule has 1 heterocycles. The fourth-order valence-electron chi connectivity index (χ4n) is 3.99. The normalized spacial score (nSPS) is 18.9. The average molecular weight is 389 g/mol. The molecule has 0 atom stereocenters. The Morgan fingerprint density at radius 1 is 1.14 bits per heavy atom. The summed E-state index contributed by atoms with van der Waals surface area (Å²) in [6.45, 7) is 0.918. The molecule has 2 fully saturated rings. The lowest BCUT2D eigenvalue weighted by Crippen LogP contribution is -2.45. The second kappa shape index (κ2) is 8.95. The van der Waals surface area contributed by atoms with Gasteiger partial charge >= 0.3 is 0 Å². The number of hydrogen-bond acceptors (Lipinski definition) is 6. The number of methoxy groups -OCH3 is 1. The highest BCUT2D eigenvalue weighted by atomic mass is 16.5. The minimum absolute atomic E-state index is 0.244. The summed E-state index contributed by atoms with van der Waals surface area (Å²) in [6.07, 6.45) is 6.25. The number of nitrogens with zero attached hydrogens (tertiary/aromatic N) is 2. The number of piperidine rings is 1. The number of benzene rings is 1. The highest BCUT2D eigenvalue weighted by Crippen LogP contribution is 2.37. The molecule has 8 nitrogen and oxygen atoms in total. The van der Waals surface area contributed by atoms with Crippen molar-refractivity contribution >= 4 is 17.5 Å². The summed E-state index contributed by atoms with van der Waals surface area (Å²) in [4.78, 5) is 24.9. The molecule has 1 saturated carbocycles. The van der Waals surface area contributed by atoms with E-state index < -0.39 is 17.5 Å². The molecule has 1 aliphatic heterocycles. The van der Waals surface area contributed by atoms with Crippen LogP contribution in [-0.2, 0) is 9.59 Å². The number of amides is 2. The fourth-order valence-corrected chi connectivity index (χ4v) is 3.99. The van der Waals surface area contributed by atoms with Crippen LogP contribution in [0.5, 0.6) is 11.5 Å². The van der Waals surface area contributed by atoms with Gasteiger partial charge in [-0.2, -0.15) is 0 Å². The Kier molecular flexibility index (Phi) is 6.38. The van der Waals surface area contributed by atoms with Gasteiger partial charge in [-0.25, -0.2) is 0 Å². The Balaban J connectivity index is 1.66. The smallest absolute Gasteiger partial charge is 0.281 e. The highest BCUT2D eigenvalue weighted by molar-refractivity contribution is 6.64. The lowest BCUT2D eigenvalue weighted by Gasteiger charge is -2.32. The number of nitrogens with two attached hydrogens (primary N) is 1. The van der Waals surface area contributed by atoms with Crippen LogP contribution in [0.3, 0.4) is 0 Å². The summed E-state index contributed by atoms with van der Waals surface area (Å²) >= 11 is 0. The summed E-state index contributed by atoms with van der Waals surface area (Å²) in [5, 5.41) is 11.6. The molecule has 0 radical (unpaired) electrons. The first-order valence-corrected chi connectivity index (χ1v) is 9.69. The molecule has 28 heavy (non-hydrogen) atoms. The Labute approximate surface area is 164 Å². The van der Waals surface area contributed by atoms with E-state index in [1.54, 1.807) is 7.11 Å². The molecular formula is C20H27N3O5. The van der Waals surface area contributed by atoms with Crippen molar-refractivity contribution in [2.24, 2.45) is 10.9 Å². The maximum atomic E-state index is 12.2. The van der Waals surface area contributed by atoms with E-state index >= 15 is 0 Å². The molecule has 1 aromatic rings. The fraction of sp³-hybridized carbons (Fsp3) is 0.550. The van der Waals surface area contributed by atoms with Gasteiger partial charge in [0.25, 0.3) is 11.8 Å². The summed E-state index contributed by atoms with van der Waals surface area (Å²) < 4.78 is 11.6. The monoisotopic (exact) mass is 389 g/mol. The van der Waals surface area contributed by atoms with Gasteiger partial charge in [-0.05, 0) is 62.1 Å². The Morgan fingerprint density at radius 2 is 1.82 bits per heavy atom. The molecule has 8 heteroatoms. The molecular weight excluding hydrogens is 362 g/mol. The van der Waals surface area contributed by atoms with Gasteiger partial charge in [0.15, 0.2) is 11.5 Å². The largest absolute Gasteiger partial charge is 0.493 e. The maximum absolute atomic E-state index is 12.2. The van der Waals surface area contributed by atoms with E-state index in [1.165, 1.54) is 17.7 Å². The van der Waals surface area contributed by atoms with Crippen molar-refractivity contribution in [3.8, 4) is 11.5 Å². The van der Waals surface area contributed by atoms with E-state index in [0.29, 0.717) is 13.1 Å². The summed E-state index contributed by atoms with van der Waals surface area (Å²) in [6, 6.07) is 6.01. The summed E-state index contributed by atoms with van der Waals surface area (Å²) in [5.74, 6) is 0.109. The third kappa shape index (κ3) is 4.37. The van der Waals surface area contributed by atoms with Crippen molar-refractivity contribution in [2.45, 2.75) is 50.5 Å². The third-order valence-corrected chi connectivity index (χ3v) is 5.57. The van der Waals surface area contributed by atoms with Crippen molar-refractivity contribution in [3.05, 3.63) is 23.8 Å². The minimum atomic E-state index is -1.03. The number of oxime groups is 1. The van der Waals surface area contributed by atoms with Gasteiger partial charge in [0.05, 0.1) is 13.2 Å². The van der Waals surface area contributed by atoms with E-state index in [2.05, 4.69) is 5.16 Å². The molecule has 152 valence electrons. The van der Waals surface area contributed by atoms with Crippen LogP contribution >= 0.6 is 0 Å². The van der Waals surface area contributed by atoms with Crippen LogP contribution in [-0.4, -0.2) is 53.9 Å². The van der Waals surface area contributed by atoms with Gasteiger partial charge in [0, 0.05) is 13.1 Å². The highest BCUT2D eigenvalue weighted by Gasteiger charge is 2.30. The topological polar surface area (TPSA) is 114 Å². The predicted octanol–water partition coefficient (Wildman–Crippen LogP) is 2.04. The van der Waals surface area contributed by atoms with Gasteiger partial charge in [-0.1, -0.05) is 11.2 Å². The standard InChI is InChI=1S/C20H27N3O5/c1-27-16-7-6-14(12-17(16)28-15-4-2-3-5-15)13-8-10-23(11-9-13)20(25)18(22-26)19(21)24/h6-7,12-13,15,26H,2-5,8-11H2,1H3,(H2,21,24)/b22-18+. The van der Waals surface area contributed by atoms with Crippen molar-refractivity contribution < 1.29 is 24.3 Å². The molecule has 1 aliphatic carbocycles. The molecule has 0 aromatic heterocycles. The molecule has 0 unspecified atom stereocenters. The van der Waals surface area contributed by atoms with Crippen LogP contribution in [0.25, 0.3) is 0 Å². The number of primary amides is 1. The second-order valence-corrected chi connectivity index (χ2v) is 7.31. The van der Waals surface area contributed by atoms with Crippen molar-refractivity contribution in [2.75, 3.05) is 20.2 Å². The van der Waals surface area contributed by atoms with E-state index in [9.17, 15) is 9.59 Å². The van der Waals surface area contributed by atoms with Crippen LogP contribution < -0.4 is 15.2 Å². The molecule has 3 rings (SSSR count). The summed E-state index contributed by atoms with van der Waals surface area (Å²) in [5.41, 5.74) is 5.60. The lowest BCUT2D eigenvalue weighted by atomic mass is 9.89. The maximum Gasteiger partial charge on any atom is 0.281 e. The molecule has 2 amide bonds. The van der Waals surface area contributed by atoms with Crippen LogP contribution in [0.4, 0.5) is 0 Å². The first-order valence-electron chi connectivity index (χ1n) is 9.69. The average Bonchev–Trinajstić information content (AvgIpc) is 3.21. The van der Waals surface area contributed by atoms with Gasteiger partial charge in [-0.15, -0.1) is 0 Å². The molecule has 2 aliphatic rings. The quantitative estimate of drug-likeness (QED) is 0.334. The molecule has 0 spiro atoms. The Hall–Kier alpha value is -2.77. The summed E-state index contributed by atoms with van der Waals surface area (Å²) in [7, 11) is 1.64. The number of likely N-dealkylation sites (tertiary alicyclic amines) is 1. The zero-order valence-corrected chi connectivity index (χ0v) is 16.1. The number of ether oxygens (including phenoxy) is 2. The number of rotatable bonds is 6. The lowest BCUT2D eigenvalue weighted by molar-refractivity contribution is -0.126. The van der Waals surface area contributed by atoms with Crippen molar-refractivity contribution in [1.29, 1.82) is 0 Å². The first kappa shape index (κ1) is 20.0. The van der Waals surface area contributed by atoms with Crippen LogP contribution in [0.2, 0.25) is 0 Å². The zero-order chi connectivity index (χ0) is 20.1. The van der Waals surface area contributed by atoms with Crippen molar-refractivity contribution in [1.82, 2.24) is 4.90 Å². The van der Waals surface area contributed by atoms with Gasteiger partial charge in [-0.3, -0.25) is 9.59 Å². The molecule has 1 aromatic carbocycles. The Morgan fingerprint density at radius 3 is 2.39 bits per heavy atom. The number of hydrogen-bond donors (Lipinski definition) is 2. The van der Waals surface area contributed by atoms with Gasteiger partial charge in [0.1, 0.15) is 0 Å². The third-order valence-electron chi connectivity index (χ3n) is 5.57. The van der Waals surface area contributed by atoms with Gasteiger partial charge < -0.3 is 25.3 Å². The molecule has 3 N–H and O–H groups in total. The van der Waals surface area contributed by atoms with E-state index in [0.717, 1.165) is 42.7 Å². The van der Waals surface area contributed by atoms with E-state index in [1.807, 2.05) is 18.2 Å². The van der Waals surface area contributed by atoms with Crippen LogP contribution in [0.15, 0.2) is 23.4 Å². The number of carbonyl (C=O) groups is 2. The Bertz CT molecular complexity index is 750. The minimum Gasteiger partial charge on any atom is -0.493 e. The van der Waals surface area contributed by atoms with Crippen LogP contribution in [0, 0.1) is 0 Å². The number of carbonyl (C=O) groups excluding carboxylic acids is 2. The van der Waals surface area contributed by atoms with Crippen molar-refractivity contribution in [3.63, 3.8) is 0 Å². The van der Waals surface area contributed by atoms with Gasteiger partial charge in [0.2, 0.25) is 5.71 Å². The zero-order valence-electron chi connectivity index (χ0n) is 16.1. The van der Waals surface area contributed by atoms with E-state index in [4.69, 9.17) is 20.4 Å². The second-order valence-electron chi connectivity index (χ2n) is 7.31. The predicted molar refractivity (Wildman–Crippen MR) is 103 cm³/mol. The molecule has 1 saturated heterocycles. The van der Waals surface area contributed by atoms with Crippen LogP contribution in [0.1, 0.15) is 50.0 Å².